The van der Waals surface area contributed by atoms with Crippen molar-refractivity contribution in [2.45, 2.75) is 51.1 Å². The van der Waals surface area contributed by atoms with E-state index in [0.29, 0.717) is 11.6 Å². The second-order valence-corrected chi connectivity index (χ2v) is 8.14. The van der Waals surface area contributed by atoms with Crippen LogP contribution in [0.4, 0.5) is 0 Å². The van der Waals surface area contributed by atoms with Crippen molar-refractivity contribution in [1.82, 2.24) is 14.5 Å². The third-order valence-electron chi connectivity index (χ3n) is 3.65. The molecule has 0 fully saturated rings. The van der Waals surface area contributed by atoms with Crippen molar-refractivity contribution in [3.05, 3.63) is 39.4 Å². The van der Waals surface area contributed by atoms with E-state index in [1.165, 1.54) is 12.3 Å². The molecule has 8 heteroatoms. The molecule has 2 heterocycles. The van der Waals surface area contributed by atoms with Crippen molar-refractivity contribution in [2.75, 3.05) is 0 Å². The van der Waals surface area contributed by atoms with Gasteiger partial charge in [0, 0.05) is 18.4 Å². The lowest BCUT2D eigenvalue weighted by Crippen LogP contribution is -2.15. The van der Waals surface area contributed by atoms with E-state index in [-0.39, 0.29) is 21.6 Å². The highest BCUT2D eigenvalue weighted by atomic mass is 35.5. The normalized spacial score (nSPS) is 11.9. The molecule has 0 atom stereocenters. The lowest BCUT2D eigenvalue weighted by Gasteiger charge is -2.10. The van der Waals surface area contributed by atoms with Gasteiger partial charge in [-0.3, -0.25) is 4.98 Å². The van der Waals surface area contributed by atoms with Crippen molar-refractivity contribution < 1.29 is 8.42 Å². The Morgan fingerprint density at radius 3 is 2.57 bits per heavy atom. The van der Waals surface area contributed by atoms with Gasteiger partial charge in [-0.25, -0.2) is 13.4 Å². The minimum absolute atomic E-state index is 0.0776. The summed E-state index contributed by atoms with van der Waals surface area (Å²) in [5.74, 6) is -0.301. The van der Waals surface area contributed by atoms with Crippen molar-refractivity contribution >= 4 is 33.0 Å². The molecule has 2 aromatic rings. The SMILES string of the molecule is CCCCn1c(S(=O)(=O)Cc2ncc(Cl)cc2Cl)nc(C)c1C. The molecule has 2 rings (SSSR count). The summed E-state index contributed by atoms with van der Waals surface area (Å²) in [7, 11) is -3.65. The summed E-state index contributed by atoms with van der Waals surface area (Å²) >= 11 is 11.8. The standard InChI is InChI=1S/C15H19Cl2N3O2S/c1-4-5-6-20-11(3)10(2)19-15(20)23(21,22)9-14-13(17)7-12(16)8-18-14/h7-8H,4-6,9H2,1-3H3. The monoisotopic (exact) mass is 375 g/mol. The van der Waals surface area contributed by atoms with Crippen LogP contribution >= 0.6 is 23.2 Å². The quantitative estimate of drug-likeness (QED) is 0.765. The molecule has 0 saturated heterocycles. The number of rotatable bonds is 6. The Kier molecular flexibility index (Phi) is 5.70. The van der Waals surface area contributed by atoms with Crippen LogP contribution in [0.1, 0.15) is 36.8 Å². The van der Waals surface area contributed by atoms with E-state index in [4.69, 9.17) is 23.2 Å². The maximum Gasteiger partial charge on any atom is 0.228 e. The van der Waals surface area contributed by atoms with Crippen LogP contribution in [0.5, 0.6) is 0 Å². The Bertz CT molecular complexity index is 816. The summed E-state index contributed by atoms with van der Waals surface area (Å²) < 4.78 is 27.3. The molecule has 2 aromatic heterocycles. The highest BCUT2D eigenvalue weighted by molar-refractivity contribution is 7.90. The molecular formula is C15H19Cl2N3O2S. The Morgan fingerprint density at radius 1 is 1.26 bits per heavy atom. The van der Waals surface area contributed by atoms with E-state index < -0.39 is 9.84 Å². The fourth-order valence-electron chi connectivity index (χ4n) is 2.23. The van der Waals surface area contributed by atoms with Gasteiger partial charge in [0.15, 0.2) is 0 Å². The number of aromatic nitrogens is 3. The van der Waals surface area contributed by atoms with Crippen LogP contribution in [0.15, 0.2) is 17.4 Å². The Morgan fingerprint density at radius 2 is 1.96 bits per heavy atom. The van der Waals surface area contributed by atoms with Crippen LogP contribution in [0.2, 0.25) is 10.0 Å². The summed E-state index contributed by atoms with van der Waals surface area (Å²) in [6.07, 6.45) is 3.25. The Balaban J connectivity index is 2.41. The van der Waals surface area contributed by atoms with Gasteiger partial charge in [-0.1, -0.05) is 36.5 Å². The molecule has 5 nitrogen and oxygen atoms in total. The number of hydrogen-bond donors (Lipinski definition) is 0. The van der Waals surface area contributed by atoms with E-state index >= 15 is 0 Å². The molecule has 0 aliphatic heterocycles. The maximum atomic E-state index is 12.8. The van der Waals surface area contributed by atoms with Gasteiger partial charge >= 0.3 is 0 Å². The first-order chi connectivity index (χ1) is 10.8. The molecule has 0 saturated carbocycles. The zero-order chi connectivity index (χ0) is 17.2. The predicted molar refractivity (Wildman–Crippen MR) is 91.8 cm³/mol. The molecule has 23 heavy (non-hydrogen) atoms. The van der Waals surface area contributed by atoms with Gasteiger partial charge in [-0.2, -0.15) is 0 Å². The van der Waals surface area contributed by atoms with E-state index in [0.717, 1.165) is 24.2 Å². The van der Waals surface area contributed by atoms with Gasteiger partial charge in [0.1, 0.15) is 5.75 Å². The molecule has 0 bridgehead atoms. The largest absolute Gasteiger partial charge is 0.319 e. The summed E-state index contributed by atoms with van der Waals surface area (Å²) in [4.78, 5) is 8.29. The van der Waals surface area contributed by atoms with Gasteiger partial charge in [-0.15, -0.1) is 0 Å². The minimum Gasteiger partial charge on any atom is -0.319 e. The summed E-state index contributed by atoms with van der Waals surface area (Å²) in [5.41, 5.74) is 1.86. The zero-order valence-corrected chi connectivity index (χ0v) is 15.6. The number of unbranched alkanes of at least 4 members (excludes halogenated alkanes) is 1. The zero-order valence-electron chi connectivity index (χ0n) is 13.3. The van der Waals surface area contributed by atoms with Gasteiger partial charge in [0.25, 0.3) is 0 Å². The molecule has 0 N–H and O–H groups in total. The first-order valence-electron chi connectivity index (χ1n) is 7.32. The van der Waals surface area contributed by atoms with Gasteiger partial charge in [0.2, 0.25) is 15.0 Å². The van der Waals surface area contributed by atoms with Crippen molar-refractivity contribution in [3.8, 4) is 0 Å². The summed E-state index contributed by atoms with van der Waals surface area (Å²) in [5, 5.41) is 0.683. The third kappa shape index (κ3) is 4.05. The molecule has 0 radical (unpaired) electrons. The lowest BCUT2D eigenvalue weighted by molar-refractivity contribution is 0.538. The van der Waals surface area contributed by atoms with Crippen LogP contribution < -0.4 is 0 Å². The van der Waals surface area contributed by atoms with E-state index in [9.17, 15) is 8.42 Å². The fourth-order valence-corrected chi connectivity index (χ4v) is 4.32. The molecule has 0 aliphatic carbocycles. The van der Waals surface area contributed by atoms with Gasteiger partial charge in [-0.05, 0) is 26.3 Å². The predicted octanol–water partition coefficient (Wildman–Crippen LogP) is 3.98. The number of nitrogens with zero attached hydrogens (tertiary/aromatic N) is 3. The van der Waals surface area contributed by atoms with E-state index in [1.807, 2.05) is 13.8 Å². The van der Waals surface area contributed by atoms with Crippen LogP contribution in [-0.4, -0.2) is 23.0 Å². The highest BCUT2D eigenvalue weighted by Crippen LogP contribution is 2.24. The average Bonchev–Trinajstić information content (AvgIpc) is 2.76. The smallest absolute Gasteiger partial charge is 0.228 e. The summed E-state index contributed by atoms with van der Waals surface area (Å²) in [6, 6.07) is 1.49. The van der Waals surface area contributed by atoms with E-state index in [2.05, 4.69) is 16.9 Å². The van der Waals surface area contributed by atoms with E-state index in [1.54, 1.807) is 4.57 Å². The molecule has 0 aromatic carbocycles. The fraction of sp³-hybridized carbons (Fsp3) is 0.467. The number of sulfone groups is 1. The number of aryl methyl sites for hydroxylation is 1. The van der Waals surface area contributed by atoms with Crippen molar-refractivity contribution in [2.24, 2.45) is 0 Å². The van der Waals surface area contributed by atoms with Crippen LogP contribution in [0.3, 0.4) is 0 Å². The number of imidazole rings is 1. The maximum absolute atomic E-state index is 12.8. The number of hydrogen-bond acceptors (Lipinski definition) is 4. The van der Waals surface area contributed by atoms with Gasteiger partial charge in [0.05, 0.1) is 21.4 Å². The first-order valence-corrected chi connectivity index (χ1v) is 9.73. The Labute approximate surface area is 146 Å². The second-order valence-electron chi connectivity index (χ2n) is 5.41. The van der Waals surface area contributed by atoms with Crippen LogP contribution in [0.25, 0.3) is 0 Å². The molecular weight excluding hydrogens is 357 g/mol. The minimum atomic E-state index is -3.65. The Hall–Kier alpha value is -1.11. The highest BCUT2D eigenvalue weighted by Gasteiger charge is 2.26. The lowest BCUT2D eigenvalue weighted by atomic mass is 10.3. The number of halogens is 2. The molecule has 126 valence electrons. The first kappa shape index (κ1) is 18.2. The second kappa shape index (κ2) is 7.20. The van der Waals surface area contributed by atoms with Crippen LogP contribution in [0, 0.1) is 13.8 Å². The van der Waals surface area contributed by atoms with Crippen molar-refractivity contribution in [1.29, 1.82) is 0 Å². The molecule has 0 aliphatic rings. The third-order valence-corrected chi connectivity index (χ3v) is 5.70. The average molecular weight is 376 g/mol. The summed E-state index contributed by atoms with van der Waals surface area (Å²) in [6.45, 7) is 6.37. The topological polar surface area (TPSA) is 64.8 Å². The van der Waals surface area contributed by atoms with Gasteiger partial charge < -0.3 is 4.57 Å². The molecule has 0 spiro atoms. The van der Waals surface area contributed by atoms with Crippen molar-refractivity contribution in [3.63, 3.8) is 0 Å². The molecule has 0 amide bonds. The molecule has 0 unspecified atom stereocenters. The number of pyridine rings is 1. The van der Waals surface area contributed by atoms with Crippen LogP contribution in [-0.2, 0) is 22.1 Å².